The molecule has 0 aliphatic rings. The summed E-state index contributed by atoms with van der Waals surface area (Å²) in [5.41, 5.74) is 0. The highest BCUT2D eigenvalue weighted by molar-refractivity contribution is 7.45. The molecule has 0 saturated carbocycles. The Morgan fingerprint density at radius 2 is 1.13 bits per heavy atom. The molecule has 0 aliphatic carbocycles. The Balaban J connectivity index is 4.72. The zero-order valence-corrected chi connectivity index (χ0v) is 34.6. The third kappa shape index (κ3) is 37.3. The normalized spacial score (nSPS) is 15.7. The Bertz CT molecular complexity index is 1220. The molecule has 0 aromatic rings. The van der Waals surface area contributed by atoms with E-state index in [4.69, 9.17) is 9.05 Å². The van der Waals surface area contributed by atoms with Crippen LogP contribution in [0.25, 0.3) is 0 Å². The first-order valence-corrected chi connectivity index (χ1v) is 21.2. The standard InChI is InChI=1S/C44H73N2O6P/c1-6-8-10-12-14-16-18-20-21-22-23-24-25-26-28-30-32-34-36-38-44(48)45-42(41-52-53(49,50)51-40-39-46(3,4)5)43(47)37-35-33-31-29-27-19-17-15-13-11-9-7-2/h8,10,13-16,20-21,23-24,26-29,32,34-35,37,42-43,47H,6-7,9,11-12,17-19,22,25,30-31,33,36,38-41H2,1-5H3,(H-,45,48,49,50)/b10-8-,15-13+,16-14-,21-20-,24-23-,28-26-,29-27+,34-32-,37-35+. The molecule has 0 bridgehead atoms. The number of quaternary nitrogens is 1. The van der Waals surface area contributed by atoms with Crippen LogP contribution in [-0.4, -0.2) is 68.5 Å². The first kappa shape index (κ1) is 50.2. The van der Waals surface area contributed by atoms with Crippen molar-refractivity contribution < 1.29 is 32.9 Å². The summed E-state index contributed by atoms with van der Waals surface area (Å²) >= 11 is 0. The van der Waals surface area contributed by atoms with Crippen LogP contribution < -0.4 is 10.2 Å². The van der Waals surface area contributed by atoms with E-state index in [1.54, 1.807) is 6.08 Å². The molecule has 0 rings (SSSR count). The molecule has 9 heteroatoms. The molecule has 2 N–H and O–H groups in total. The van der Waals surface area contributed by atoms with E-state index < -0.39 is 26.6 Å². The van der Waals surface area contributed by atoms with Crippen LogP contribution in [0.15, 0.2) is 109 Å². The van der Waals surface area contributed by atoms with Crippen LogP contribution in [0, 0.1) is 0 Å². The van der Waals surface area contributed by atoms with E-state index in [1.807, 2.05) is 39.4 Å². The lowest BCUT2D eigenvalue weighted by atomic mass is 10.1. The minimum Gasteiger partial charge on any atom is -0.756 e. The Labute approximate surface area is 323 Å². The smallest absolute Gasteiger partial charge is 0.268 e. The molecule has 0 fully saturated rings. The van der Waals surface area contributed by atoms with Crippen molar-refractivity contribution in [2.24, 2.45) is 0 Å². The summed E-state index contributed by atoms with van der Waals surface area (Å²) in [7, 11) is 1.16. The van der Waals surface area contributed by atoms with Crippen molar-refractivity contribution in [1.82, 2.24) is 5.32 Å². The monoisotopic (exact) mass is 757 g/mol. The molecule has 3 unspecified atom stereocenters. The van der Waals surface area contributed by atoms with Gasteiger partial charge in [-0.1, -0.05) is 136 Å². The predicted molar refractivity (Wildman–Crippen MR) is 223 cm³/mol. The van der Waals surface area contributed by atoms with Gasteiger partial charge in [0, 0.05) is 6.42 Å². The average Bonchev–Trinajstić information content (AvgIpc) is 3.10. The number of amides is 1. The first-order chi connectivity index (χ1) is 25.5. The first-order valence-electron chi connectivity index (χ1n) is 19.7. The number of hydrogen-bond donors (Lipinski definition) is 2. The Morgan fingerprint density at radius 1 is 0.679 bits per heavy atom. The molecular formula is C44H73N2O6P. The highest BCUT2D eigenvalue weighted by atomic mass is 31.2. The van der Waals surface area contributed by atoms with Gasteiger partial charge in [-0.3, -0.25) is 9.36 Å². The highest BCUT2D eigenvalue weighted by Crippen LogP contribution is 2.38. The maximum atomic E-state index is 12.8. The van der Waals surface area contributed by atoms with Gasteiger partial charge in [-0.2, -0.15) is 0 Å². The third-order valence-electron chi connectivity index (χ3n) is 7.71. The molecule has 0 radical (unpaired) electrons. The fourth-order valence-corrected chi connectivity index (χ4v) is 5.26. The molecular weight excluding hydrogens is 683 g/mol. The number of rotatable bonds is 33. The SMILES string of the molecule is CC/C=C\C/C=C\C/C=C\C/C=C\C/C=C\C/C=C\CCC(=O)NC(COP(=O)([O-])OCC[N+](C)(C)C)C(O)/C=C/CC/C=C/CC/C=C/CCCC. The van der Waals surface area contributed by atoms with Crippen molar-refractivity contribution in [3.05, 3.63) is 109 Å². The van der Waals surface area contributed by atoms with Crippen molar-refractivity contribution in [2.75, 3.05) is 40.9 Å². The van der Waals surface area contributed by atoms with Gasteiger partial charge in [0.15, 0.2) is 0 Å². The van der Waals surface area contributed by atoms with Crippen molar-refractivity contribution in [2.45, 2.75) is 122 Å². The van der Waals surface area contributed by atoms with Gasteiger partial charge in [0.2, 0.25) is 5.91 Å². The van der Waals surface area contributed by atoms with Gasteiger partial charge in [0.1, 0.15) is 13.2 Å². The van der Waals surface area contributed by atoms with Gasteiger partial charge in [0.25, 0.3) is 7.82 Å². The second kappa shape index (κ2) is 34.9. The number of phosphoric ester groups is 1. The summed E-state index contributed by atoms with van der Waals surface area (Å²) in [6, 6.07) is -0.955. The summed E-state index contributed by atoms with van der Waals surface area (Å²) in [6.45, 7) is 4.34. The fraction of sp³-hybridized carbons (Fsp3) is 0.568. The van der Waals surface area contributed by atoms with Gasteiger partial charge in [-0.25, -0.2) is 0 Å². The van der Waals surface area contributed by atoms with Crippen LogP contribution in [0.4, 0.5) is 0 Å². The van der Waals surface area contributed by atoms with Crippen LogP contribution in [0.3, 0.4) is 0 Å². The maximum Gasteiger partial charge on any atom is 0.268 e. The quantitative estimate of drug-likeness (QED) is 0.0299. The average molecular weight is 757 g/mol. The van der Waals surface area contributed by atoms with Crippen LogP contribution in [0.1, 0.15) is 110 Å². The van der Waals surface area contributed by atoms with E-state index in [0.717, 1.165) is 64.2 Å². The minimum absolute atomic E-state index is 0.0294. The van der Waals surface area contributed by atoms with Crippen molar-refractivity contribution in [3.8, 4) is 0 Å². The molecule has 0 spiro atoms. The number of aliphatic hydroxyl groups is 1. The highest BCUT2D eigenvalue weighted by Gasteiger charge is 2.23. The largest absolute Gasteiger partial charge is 0.756 e. The molecule has 8 nitrogen and oxygen atoms in total. The number of hydrogen-bond acceptors (Lipinski definition) is 6. The number of allylic oxidation sites excluding steroid dienone is 17. The number of unbranched alkanes of at least 4 members (excludes halogenated alkanes) is 4. The van der Waals surface area contributed by atoms with E-state index in [2.05, 4.69) is 104 Å². The molecule has 0 saturated heterocycles. The Hall–Kier alpha value is -2.84. The Kier molecular flexibility index (Phi) is 33.0. The van der Waals surface area contributed by atoms with Gasteiger partial charge in [0.05, 0.1) is 39.9 Å². The van der Waals surface area contributed by atoms with Crippen molar-refractivity contribution in [3.63, 3.8) is 0 Å². The number of carbonyl (C=O) groups excluding carboxylic acids is 1. The number of carbonyl (C=O) groups is 1. The topological polar surface area (TPSA) is 108 Å². The summed E-state index contributed by atoms with van der Waals surface area (Å²) in [4.78, 5) is 25.2. The van der Waals surface area contributed by atoms with Gasteiger partial charge >= 0.3 is 0 Å². The number of nitrogens with one attached hydrogen (secondary N) is 1. The van der Waals surface area contributed by atoms with E-state index in [1.165, 1.54) is 12.8 Å². The Morgan fingerprint density at radius 3 is 1.62 bits per heavy atom. The van der Waals surface area contributed by atoms with E-state index >= 15 is 0 Å². The molecule has 0 aliphatic heterocycles. The molecule has 0 aromatic carbocycles. The predicted octanol–water partition coefficient (Wildman–Crippen LogP) is 9.94. The number of likely N-dealkylation sites (N-methyl/N-ethyl adjacent to an activating group) is 1. The number of phosphoric acid groups is 1. The third-order valence-corrected chi connectivity index (χ3v) is 8.67. The lowest BCUT2D eigenvalue weighted by Gasteiger charge is -2.29. The van der Waals surface area contributed by atoms with Gasteiger partial charge in [-0.05, 0) is 77.0 Å². The van der Waals surface area contributed by atoms with Crippen LogP contribution in [0.5, 0.6) is 0 Å². The second-order valence-electron chi connectivity index (χ2n) is 13.9. The summed E-state index contributed by atoms with van der Waals surface area (Å²) in [5.74, 6) is -0.302. The summed E-state index contributed by atoms with van der Waals surface area (Å²) in [5, 5.41) is 13.6. The lowest BCUT2D eigenvalue weighted by molar-refractivity contribution is -0.870. The van der Waals surface area contributed by atoms with Crippen LogP contribution in [-0.2, 0) is 18.4 Å². The lowest BCUT2D eigenvalue weighted by Crippen LogP contribution is -2.45. The number of nitrogens with zero attached hydrogens (tertiary/aromatic N) is 1. The van der Waals surface area contributed by atoms with Gasteiger partial charge < -0.3 is 28.8 Å². The molecule has 1 amide bonds. The molecule has 0 heterocycles. The van der Waals surface area contributed by atoms with Crippen molar-refractivity contribution >= 4 is 13.7 Å². The molecule has 0 aromatic heterocycles. The second-order valence-corrected chi connectivity index (χ2v) is 15.3. The van der Waals surface area contributed by atoms with E-state index in [0.29, 0.717) is 23.9 Å². The summed E-state index contributed by atoms with van der Waals surface area (Å²) in [6.07, 6.45) is 50.1. The molecule has 3 atom stereocenters. The molecule has 53 heavy (non-hydrogen) atoms. The van der Waals surface area contributed by atoms with E-state index in [-0.39, 0.29) is 18.9 Å². The van der Waals surface area contributed by atoms with Gasteiger partial charge in [-0.15, -0.1) is 0 Å². The van der Waals surface area contributed by atoms with Crippen molar-refractivity contribution in [1.29, 1.82) is 0 Å². The van der Waals surface area contributed by atoms with E-state index in [9.17, 15) is 19.4 Å². The minimum atomic E-state index is -4.62. The number of aliphatic hydroxyl groups excluding tert-OH is 1. The van der Waals surface area contributed by atoms with Crippen LogP contribution >= 0.6 is 7.82 Å². The zero-order valence-electron chi connectivity index (χ0n) is 33.7. The summed E-state index contributed by atoms with van der Waals surface area (Å²) < 4.78 is 23.0. The zero-order chi connectivity index (χ0) is 39.3. The maximum absolute atomic E-state index is 12.8. The fourth-order valence-electron chi connectivity index (χ4n) is 4.54. The van der Waals surface area contributed by atoms with Crippen LogP contribution in [0.2, 0.25) is 0 Å². The molecule has 300 valence electrons.